The zero-order valence-electron chi connectivity index (χ0n) is 13.6. The van der Waals surface area contributed by atoms with Crippen LogP contribution in [0.5, 0.6) is 0 Å². The molecule has 130 valence electrons. The van der Waals surface area contributed by atoms with Gasteiger partial charge in [0.1, 0.15) is 11.9 Å². The third-order valence-corrected chi connectivity index (χ3v) is 5.00. The Labute approximate surface area is 143 Å². The summed E-state index contributed by atoms with van der Waals surface area (Å²) in [6, 6.07) is 5.21. The van der Waals surface area contributed by atoms with Gasteiger partial charge in [0.15, 0.2) is 5.69 Å². The summed E-state index contributed by atoms with van der Waals surface area (Å²) in [6.45, 7) is 0.438. The molecule has 1 N–H and O–H groups in total. The SMILES string of the molecule is O=C(O)[C@H]1CCCN1C(=O)c1nn(-c2ccc(F)cc2)c2c1CCC2. The molecule has 4 rings (SSSR count). The predicted molar refractivity (Wildman–Crippen MR) is 87.2 cm³/mol. The fourth-order valence-corrected chi connectivity index (χ4v) is 3.81. The number of benzene rings is 1. The zero-order chi connectivity index (χ0) is 17.6. The Morgan fingerprint density at radius 2 is 1.92 bits per heavy atom. The van der Waals surface area contributed by atoms with E-state index in [0.29, 0.717) is 30.8 Å². The number of aromatic nitrogens is 2. The standard InChI is InChI=1S/C18H18FN3O3/c19-11-6-8-12(9-7-11)22-14-4-1-3-13(14)16(20-22)17(23)21-10-2-5-15(21)18(24)25/h6-9,15H,1-5,10H2,(H,24,25)/t15-/m1/s1. The molecule has 0 spiro atoms. The zero-order valence-corrected chi connectivity index (χ0v) is 13.6. The topological polar surface area (TPSA) is 75.4 Å². The minimum Gasteiger partial charge on any atom is -0.480 e. The maximum Gasteiger partial charge on any atom is 0.326 e. The maximum absolute atomic E-state index is 13.2. The van der Waals surface area contributed by atoms with Gasteiger partial charge in [0.25, 0.3) is 5.91 Å². The molecule has 1 aliphatic carbocycles. The minimum absolute atomic E-state index is 0.316. The number of aliphatic carboxylic acids is 1. The van der Waals surface area contributed by atoms with E-state index in [1.54, 1.807) is 16.8 Å². The summed E-state index contributed by atoms with van der Waals surface area (Å²) < 4.78 is 14.9. The number of halogens is 1. The molecule has 2 heterocycles. The lowest BCUT2D eigenvalue weighted by atomic mass is 10.1. The highest BCUT2D eigenvalue weighted by Crippen LogP contribution is 2.30. The van der Waals surface area contributed by atoms with Crippen LogP contribution in [0.4, 0.5) is 4.39 Å². The second-order valence-corrected chi connectivity index (χ2v) is 6.51. The summed E-state index contributed by atoms with van der Waals surface area (Å²) in [7, 11) is 0. The van der Waals surface area contributed by atoms with Gasteiger partial charge in [-0.05, 0) is 56.4 Å². The third-order valence-electron chi connectivity index (χ3n) is 5.00. The number of rotatable bonds is 3. The summed E-state index contributed by atoms with van der Waals surface area (Å²) in [5.41, 5.74) is 2.89. The lowest BCUT2D eigenvalue weighted by molar-refractivity contribution is -0.141. The van der Waals surface area contributed by atoms with E-state index in [1.165, 1.54) is 17.0 Å². The summed E-state index contributed by atoms with van der Waals surface area (Å²) >= 11 is 0. The van der Waals surface area contributed by atoms with Crippen LogP contribution < -0.4 is 0 Å². The van der Waals surface area contributed by atoms with Gasteiger partial charge in [-0.25, -0.2) is 13.9 Å². The van der Waals surface area contributed by atoms with Crippen molar-refractivity contribution in [2.45, 2.75) is 38.1 Å². The number of likely N-dealkylation sites (tertiary alicyclic amines) is 1. The van der Waals surface area contributed by atoms with E-state index in [4.69, 9.17) is 0 Å². The molecule has 7 heteroatoms. The minimum atomic E-state index is -0.972. The molecular formula is C18H18FN3O3. The van der Waals surface area contributed by atoms with Crippen LogP contribution in [0.2, 0.25) is 0 Å². The Morgan fingerprint density at radius 3 is 2.64 bits per heavy atom. The van der Waals surface area contributed by atoms with Gasteiger partial charge in [0, 0.05) is 17.8 Å². The van der Waals surface area contributed by atoms with E-state index in [0.717, 1.165) is 30.5 Å². The largest absolute Gasteiger partial charge is 0.480 e. The van der Waals surface area contributed by atoms with Crippen LogP contribution in [0, 0.1) is 5.82 Å². The van der Waals surface area contributed by atoms with E-state index in [-0.39, 0.29) is 11.7 Å². The van der Waals surface area contributed by atoms with Crippen molar-refractivity contribution in [1.29, 1.82) is 0 Å². The predicted octanol–water partition coefficient (Wildman–Crippen LogP) is 2.19. The highest BCUT2D eigenvalue weighted by Gasteiger charge is 2.37. The van der Waals surface area contributed by atoms with E-state index < -0.39 is 12.0 Å². The summed E-state index contributed by atoms with van der Waals surface area (Å²) in [4.78, 5) is 25.7. The number of amides is 1. The molecule has 0 unspecified atom stereocenters. The number of carboxylic acid groups (broad SMARTS) is 1. The molecule has 1 saturated heterocycles. The second kappa shape index (κ2) is 5.98. The molecule has 1 aromatic carbocycles. The molecule has 25 heavy (non-hydrogen) atoms. The molecule has 1 aromatic heterocycles. The first-order valence-electron chi connectivity index (χ1n) is 8.47. The molecule has 1 fully saturated rings. The average Bonchev–Trinajstić information content (AvgIpc) is 3.31. The van der Waals surface area contributed by atoms with Crippen LogP contribution in [0.3, 0.4) is 0 Å². The summed E-state index contributed by atoms with van der Waals surface area (Å²) in [5.74, 6) is -1.62. The average molecular weight is 343 g/mol. The van der Waals surface area contributed by atoms with Crippen LogP contribution >= 0.6 is 0 Å². The van der Waals surface area contributed by atoms with Crippen LogP contribution in [0.25, 0.3) is 5.69 Å². The fraction of sp³-hybridized carbons (Fsp3) is 0.389. The van der Waals surface area contributed by atoms with Gasteiger partial charge in [0.05, 0.1) is 5.69 Å². The van der Waals surface area contributed by atoms with Crippen LogP contribution in [0.15, 0.2) is 24.3 Å². The number of carbonyl (C=O) groups is 2. The smallest absolute Gasteiger partial charge is 0.326 e. The fourth-order valence-electron chi connectivity index (χ4n) is 3.81. The third kappa shape index (κ3) is 2.59. The van der Waals surface area contributed by atoms with E-state index in [9.17, 15) is 19.1 Å². The molecule has 2 aromatic rings. The number of fused-ring (bicyclic) bond motifs is 1. The van der Waals surface area contributed by atoms with Crippen LogP contribution in [0.1, 0.15) is 41.0 Å². The second-order valence-electron chi connectivity index (χ2n) is 6.51. The molecule has 0 radical (unpaired) electrons. The van der Waals surface area contributed by atoms with Gasteiger partial charge in [0.2, 0.25) is 0 Å². The van der Waals surface area contributed by atoms with Crippen molar-refractivity contribution >= 4 is 11.9 Å². The highest BCUT2D eigenvalue weighted by atomic mass is 19.1. The van der Waals surface area contributed by atoms with Crippen molar-refractivity contribution < 1.29 is 19.1 Å². The lowest BCUT2D eigenvalue weighted by Crippen LogP contribution is -2.40. The number of carbonyl (C=O) groups excluding carboxylic acids is 1. The van der Waals surface area contributed by atoms with Crippen LogP contribution in [-0.2, 0) is 17.6 Å². The van der Waals surface area contributed by atoms with Gasteiger partial charge < -0.3 is 10.0 Å². The Morgan fingerprint density at radius 1 is 1.16 bits per heavy atom. The Balaban J connectivity index is 1.74. The van der Waals surface area contributed by atoms with Gasteiger partial charge in [-0.2, -0.15) is 5.10 Å². The molecule has 1 aliphatic heterocycles. The molecule has 6 nitrogen and oxygen atoms in total. The van der Waals surface area contributed by atoms with Crippen molar-refractivity contribution in [1.82, 2.24) is 14.7 Å². The number of hydrogen-bond acceptors (Lipinski definition) is 3. The van der Waals surface area contributed by atoms with Crippen molar-refractivity contribution in [2.75, 3.05) is 6.54 Å². The maximum atomic E-state index is 13.2. The first kappa shape index (κ1) is 15.8. The first-order chi connectivity index (χ1) is 12.1. The van der Waals surface area contributed by atoms with Crippen molar-refractivity contribution in [3.63, 3.8) is 0 Å². The van der Waals surface area contributed by atoms with E-state index in [2.05, 4.69) is 5.10 Å². The summed E-state index contributed by atoms with van der Waals surface area (Å²) in [6.07, 6.45) is 3.64. The normalized spacial score (nSPS) is 19.2. The van der Waals surface area contributed by atoms with E-state index >= 15 is 0 Å². The Bertz CT molecular complexity index is 844. The Hall–Kier alpha value is -2.70. The molecule has 0 bridgehead atoms. The Kier molecular flexibility index (Phi) is 3.78. The first-order valence-corrected chi connectivity index (χ1v) is 8.47. The van der Waals surface area contributed by atoms with Gasteiger partial charge in [-0.3, -0.25) is 4.79 Å². The highest BCUT2D eigenvalue weighted by molar-refractivity contribution is 5.97. The van der Waals surface area contributed by atoms with Gasteiger partial charge in [-0.15, -0.1) is 0 Å². The number of hydrogen-bond donors (Lipinski definition) is 1. The van der Waals surface area contributed by atoms with Gasteiger partial charge >= 0.3 is 5.97 Å². The van der Waals surface area contributed by atoms with Crippen molar-refractivity contribution in [2.24, 2.45) is 0 Å². The number of carboxylic acids is 1. The summed E-state index contributed by atoms with van der Waals surface area (Å²) in [5, 5.41) is 13.8. The monoisotopic (exact) mass is 343 g/mol. The van der Waals surface area contributed by atoms with E-state index in [1.807, 2.05) is 0 Å². The number of nitrogens with zero attached hydrogens (tertiary/aromatic N) is 3. The lowest BCUT2D eigenvalue weighted by Gasteiger charge is -2.20. The molecule has 1 atom stereocenters. The molecule has 1 amide bonds. The van der Waals surface area contributed by atoms with Gasteiger partial charge in [-0.1, -0.05) is 0 Å². The quantitative estimate of drug-likeness (QED) is 0.927. The van der Waals surface area contributed by atoms with Crippen molar-refractivity contribution in [3.8, 4) is 5.69 Å². The van der Waals surface area contributed by atoms with Crippen LogP contribution in [-0.4, -0.2) is 44.3 Å². The molecular weight excluding hydrogens is 325 g/mol. The molecule has 2 aliphatic rings. The molecule has 0 saturated carbocycles. The van der Waals surface area contributed by atoms with Crippen molar-refractivity contribution in [3.05, 3.63) is 47.0 Å².